The Morgan fingerprint density at radius 2 is 1.06 bits per heavy atom. The van der Waals surface area contributed by atoms with Gasteiger partial charge in [-0.05, 0) is 90.2 Å². The Kier molecular flexibility index (Phi) is 9.33. The van der Waals surface area contributed by atoms with E-state index in [1.807, 2.05) is 7.11 Å². The van der Waals surface area contributed by atoms with Crippen molar-refractivity contribution >= 4 is 0 Å². The number of benzene rings is 3. The van der Waals surface area contributed by atoms with E-state index >= 15 is 0 Å². The fourth-order valence-corrected chi connectivity index (χ4v) is 5.30. The Bertz CT molecular complexity index is 967. The van der Waals surface area contributed by atoms with E-state index < -0.39 is 0 Å². The summed E-state index contributed by atoms with van der Waals surface area (Å²) in [5.41, 5.74) is 7.73. The van der Waals surface area contributed by atoms with Gasteiger partial charge in [0.05, 0.1) is 6.67 Å². The summed E-state index contributed by atoms with van der Waals surface area (Å²) in [6, 6.07) is 26.7. The summed E-state index contributed by atoms with van der Waals surface area (Å²) in [4.78, 5) is 0. The lowest BCUT2D eigenvalue weighted by Gasteiger charge is -2.28. The van der Waals surface area contributed by atoms with Gasteiger partial charge >= 0.3 is 0 Å². The van der Waals surface area contributed by atoms with Crippen LogP contribution >= 0.6 is 0 Å². The zero-order chi connectivity index (χ0) is 23.6. The average molecular weight is 459 g/mol. The normalized spacial score (nSPS) is 18.2. The molecule has 0 saturated heterocycles. The van der Waals surface area contributed by atoms with Crippen LogP contribution in [-0.2, 0) is 17.6 Å². The molecule has 0 heterocycles. The molecule has 1 aliphatic carbocycles. The van der Waals surface area contributed by atoms with E-state index in [-0.39, 0.29) is 6.67 Å². The molecule has 0 radical (unpaired) electrons. The summed E-state index contributed by atoms with van der Waals surface area (Å²) in [6.45, 7) is 0.716. The predicted molar refractivity (Wildman–Crippen MR) is 142 cm³/mol. The van der Waals surface area contributed by atoms with Gasteiger partial charge in [-0.1, -0.05) is 85.6 Å². The first kappa shape index (κ1) is 24.7. The minimum atomic E-state index is -0.219. The molecule has 34 heavy (non-hydrogen) atoms. The van der Waals surface area contributed by atoms with Crippen LogP contribution in [0.3, 0.4) is 0 Å². The molecule has 180 valence electrons. The van der Waals surface area contributed by atoms with Crippen LogP contribution in [-0.4, -0.2) is 20.4 Å². The lowest BCUT2D eigenvalue weighted by molar-refractivity contribution is 0.117. The maximum absolute atomic E-state index is 12.3. The summed E-state index contributed by atoms with van der Waals surface area (Å²) in [7, 11) is 1.82. The monoisotopic (exact) mass is 458 g/mol. The van der Waals surface area contributed by atoms with Crippen LogP contribution in [0.1, 0.15) is 56.1 Å². The highest BCUT2D eigenvalue weighted by Gasteiger charge is 2.20. The molecule has 0 aliphatic heterocycles. The second-order valence-electron chi connectivity index (χ2n) is 10.00. The Hall–Kier alpha value is -2.45. The molecule has 4 rings (SSSR count). The minimum Gasteiger partial charge on any atom is -0.384 e. The van der Waals surface area contributed by atoms with Gasteiger partial charge in [0.25, 0.3) is 0 Å². The molecule has 2 heteroatoms. The van der Waals surface area contributed by atoms with Gasteiger partial charge in [-0.15, -0.1) is 0 Å². The van der Waals surface area contributed by atoms with Gasteiger partial charge in [-0.2, -0.15) is 0 Å². The summed E-state index contributed by atoms with van der Waals surface area (Å²) in [5, 5.41) is 0. The van der Waals surface area contributed by atoms with Crippen molar-refractivity contribution in [2.75, 3.05) is 20.4 Å². The summed E-state index contributed by atoms with van der Waals surface area (Å²) in [5.74, 6) is 1.66. The van der Waals surface area contributed by atoms with E-state index in [1.54, 1.807) is 0 Å². The van der Waals surface area contributed by atoms with Crippen molar-refractivity contribution < 1.29 is 9.13 Å². The molecule has 0 spiro atoms. The standard InChI is InChI=1S/C32H39FO/c1-34-24-28-9-7-26(8-10-28)5-6-27-13-17-30(18-14-27)32-21-19-31(20-22-32)29-15-11-25(12-16-29)4-2-3-23-33/h11-22,26,28H,2-10,23-24H2,1H3/t26-,28-. The van der Waals surface area contributed by atoms with E-state index in [1.165, 1.54) is 71.9 Å². The fraction of sp³-hybridized carbons (Fsp3) is 0.438. The molecule has 1 fully saturated rings. The van der Waals surface area contributed by atoms with Crippen LogP contribution in [0.5, 0.6) is 0 Å². The highest BCUT2D eigenvalue weighted by atomic mass is 19.1. The fourth-order valence-electron chi connectivity index (χ4n) is 5.30. The van der Waals surface area contributed by atoms with E-state index in [2.05, 4.69) is 72.8 Å². The first-order valence-corrected chi connectivity index (χ1v) is 13.1. The quantitative estimate of drug-likeness (QED) is 0.261. The number of hydrogen-bond donors (Lipinski definition) is 0. The van der Waals surface area contributed by atoms with Gasteiger partial charge in [-0.3, -0.25) is 4.39 Å². The summed E-state index contributed by atoms with van der Waals surface area (Å²) in [6.07, 6.45) is 10.4. The topological polar surface area (TPSA) is 9.23 Å². The Morgan fingerprint density at radius 3 is 1.53 bits per heavy atom. The van der Waals surface area contributed by atoms with Crippen molar-refractivity contribution in [2.24, 2.45) is 11.8 Å². The van der Waals surface area contributed by atoms with Crippen molar-refractivity contribution in [1.82, 2.24) is 0 Å². The molecule has 3 aromatic carbocycles. The number of aryl methyl sites for hydroxylation is 2. The maximum atomic E-state index is 12.3. The number of rotatable bonds is 11. The predicted octanol–water partition coefficient (Wildman–Crippen LogP) is 8.70. The maximum Gasteiger partial charge on any atom is 0.0894 e. The molecule has 0 amide bonds. The van der Waals surface area contributed by atoms with Crippen LogP contribution in [0, 0.1) is 11.8 Å². The Morgan fingerprint density at radius 1 is 0.618 bits per heavy atom. The molecule has 3 aromatic rings. The minimum absolute atomic E-state index is 0.219. The number of alkyl halides is 1. The number of ether oxygens (including phenoxy) is 1. The van der Waals surface area contributed by atoms with Crippen LogP contribution < -0.4 is 0 Å². The highest BCUT2D eigenvalue weighted by Crippen LogP contribution is 2.32. The van der Waals surface area contributed by atoms with Crippen molar-refractivity contribution in [3.05, 3.63) is 83.9 Å². The third-order valence-corrected chi connectivity index (χ3v) is 7.52. The second kappa shape index (κ2) is 12.9. The van der Waals surface area contributed by atoms with E-state index in [0.29, 0.717) is 6.42 Å². The third-order valence-electron chi connectivity index (χ3n) is 7.52. The average Bonchev–Trinajstić information content (AvgIpc) is 2.89. The molecule has 1 saturated carbocycles. The van der Waals surface area contributed by atoms with Gasteiger partial charge in [-0.25, -0.2) is 0 Å². The lowest BCUT2D eigenvalue weighted by atomic mass is 9.80. The zero-order valence-electron chi connectivity index (χ0n) is 20.6. The van der Waals surface area contributed by atoms with Crippen molar-refractivity contribution in [3.63, 3.8) is 0 Å². The van der Waals surface area contributed by atoms with E-state index in [9.17, 15) is 4.39 Å². The zero-order valence-corrected chi connectivity index (χ0v) is 20.6. The first-order valence-electron chi connectivity index (χ1n) is 13.1. The molecular weight excluding hydrogens is 419 g/mol. The largest absolute Gasteiger partial charge is 0.384 e. The van der Waals surface area contributed by atoms with Gasteiger partial charge in [0, 0.05) is 13.7 Å². The van der Waals surface area contributed by atoms with Gasteiger partial charge < -0.3 is 4.74 Å². The summed E-state index contributed by atoms with van der Waals surface area (Å²) >= 11 is 0. The van der Waals surface area contributed by atoms with Crippen molar-refractivity contribution in [2.45, 2.75) is 57.8 Å². The van der Waals surface area contributed by atoms with Crippen molar-refractivity contribution in [1.29, 1.82) is 0 Å². The molecule has 0 unspecified atom stereocenters. The molecule has 0 atom stereocenters. The van der Waals surface area contributed by atoms with E-state index in [4.69, 9.17) is 4.74 Å². The molecule has 0 N–H and O–H groups in total. The first-order chi connectivity index (χ1) is 16.7. The number of halogens is 1. The van der Waals surface area contributed by atoms with Gasteiger partial charge in [0.1, 0.15) is 0 Å². The number of unbranched alkanes of at least 4 members (excludes halogenated alkanes) is 1. The Balaban J connectivity index is 1.28. The Labute approximate surface area is 205 Å². The van der Waals surface area contributed by atoms with Gasteiger partial charge in [0.2, 0.25) is 0 Å². The highest BCUT2D eigenvalue weighted by molar-refractivity contribution is 5.70. The SMILES string of the molecule is COC[C@H]1CC[C@H](CCc2ccc(-c3ccc(-c4ccc(CCCCF)cc4)cc3)cc2)CC1. The molecule has 0 bridgehead atoms. The van der Waals surface area contributed by atoms with Crippen LogP contribution in [0.25, 0.3) is 22.3 Å². The van der Waals surface area contributed by atoms with E-state index in [0.717, 1.165) is 31.3 Å². The molecular formula is C32H39FO. The van der Waals surface area contributed by atoms with Crippen LogP contribution in [0.2, 0.25) is 0 Å². The summed E-state index contributed by atoms with van der Waals surface area (Å²) < 4.78 is 17.6. The second-order valence-corrected chi connectivity index (χ2v) is 10.00. The molecule has 1 nitrogen and oxygen atoms in total. The number of methoxy groups -OCH3 is 1. The van der Waals surface area contributed by atoms with Gasteiger partial charge in [0.15, 0.2) is 0 Å². The van der Waals surface area contributed by atoms with Crippen molar-refractivity contribution in [3.8, 4) is 22.3 Å². The smallest absolute Gasteiger partial charge is 0.0894 e. The van der Waals surface area contributed by atoms with Crippen LogP contribution in [0.4, 0.5) is 4.39 Å². The van der Waals surface area contributed by atoms with Crippen LogP contribution in [0.15, 0.2) is 72.8 Å². The number of hydrogen-bond acceptors (Lipinski definition) is 1. The molecule has 0 aromatic heterocycles. The third kappa shape index (κ3) is 7.03. The molecule has 1 aliphatic rings. The lowest BCUT2D eigenvalue weighted by Crippen LogP contribution is -2.18.